The number of nitrogens with one attached hydrogen (secondary N) is 1. The van der Waals surface area contributed by atoms with Gasteiger partial charge in [0.15, 0.2) is 0 Å². The lowest BCUT2D eigenvalue weighted by Gasteiger charge is -2.38. The number of ether oxygens (including phenoxy) is 1. The van der Waals surface area contributed by atoms with Gasteiger partial charge in [-0.3, -0.25) is 0 Å². The number of aliphatic hydroxyl groups excluding tert-OH is 1. The van der Waals surface area contributed by atoms with Crippen LogP contribution >= 0.6 is 11.6 Å². The predicted octanol–water partition coefficient (Wildman–Crippen LogP) is 4.18. The molecule has 1 aromatic heterocycles. The second-order valence-electron chi connectivity index (χ2n) is 7.79. The van der Waals surface area contributed by atoms with Crippen LogP contribution in [0, 0.1) is 5.92 Å². The van der Waals surface area contributed by atoms with E-state index in [0.717, 1.165) is 28.6 Å². The Morgan fingerprint density at radius 1 is 1.18 bits per heavy atom. The number of phenols is 1. The number of phenolic OH excluding ortho intramolecular Hbond substituents is 1. The maximum atomic E-state index is 10.8. The second kappa shape index (κ2) is 7.08. The largest absolute Gasteiger partial charge is 0.508 e. The lowest BCUT2D eigenvalue weighted by Crippen LogP contribution is -2.44. The summed E-state index contributed by atoms with van der Waals surface area (Å²) in [5.41, 5.74) is 4.29. The molecule has 146 valence electrons. The Hall–Kier alpha value is -2.05. The third kappa shape index (κ3) is 3.29. The number of aliphatic hydroxyl groups is 1. The van der Waals surface area contributed by atoms with E-state index < -0.39 is 6.41 Å². The summed E-state index contributed by atoms with van der Waals surface area (Å²) in [4.78, 5) is 5.52. The van der Waals surface area contributed by atoms with Crippen LogP contribution in [0.25, 0.3) is 10.9 Å². The fourth-order valence-electron chi connectivity index (χ4n) is 4.13. The number of rotatable bonds is 5. The zero-order valence-corrected chi connectivity index (χ0v) is 16.2. The van der Waals surface area contributed by atoms with E-state index in [1.807, 2.05) is 35.2 Å². The maximum Gasteiger partial charge on any atom is 0.216 e. The van der Waals surface area contributed by atoms with E-state index in [4.69, 9.17) is 16.3 Å². The Morgan fingerprint density at radius 2 is 1.96 bits per heavy atom. The van der Waals surface area contributed by atoms with E-state index in [1.54, 1.807) is 12.1 Å². The number of fused-ring (bicyclic) bond motifs is 3. The first-order valence-corrected chi connectivity index (χ1v) is 10.1. The van der Waals surface area contributed by atoms with Crippen molar-refractivity contribution in [2.45, 2.75) is 31.7 Å². The first-order chi connectivity index (χ1) is 13.6. The Kier molecular flexibility index (Phi) is 4.56. The highest BCUT2D eigenvalue weighted by molar-refractivity contribution is 6.31. The van der Waals surface area contributed by atoms with Gasteiger partial charge in [-0.05, 0) is 66.6 Å². The molecule has 3 aromatic rings. The van der Waals surface area contributed by atoms with Crippen molar-refractivity contribution in [3.8, 4) is 5.75 Å². The normalized spacial score (nSPS) is 21.0. The number of halogens is 1. The van der Waals surface area contributed by atoms with E-state index in [1.165, 1.54) is 18.4 Å². The number of H-pyrrole nitrogens is 1. The Morgan fingerprint density at radius 3 is 2.71 bits per heavy atom. The van der Waals surface area contributed by atoms with Gasteiger partial charge in [-0.1, -0.05) is 23.7 Å². The zero-order valence-electron chi connectivity index (χ0n) is 15.4. The third-order valence-electron chi connectivity index (χ3n) is 5.80. The summed E-state index contributed by atoms with van der Waals surface area (Å²) in [5, 5.41) is 22.4. The van der Waals surface area contributed by atoms with Crippen molar-refractivity contribution in [3.05, 3.63) is 64.3 Å². The van der Waals surface area contributed by atoms with E-state index in [9.17, 15) is 10.2 Å². The third-order valence-corrected chi connectivity index (χ3v) is 6.03. The van der Waals surface area contributed by atoms with Crippen LogP contribution in [0.2, 0.25) is 5.02 Å². The molecule has 1 fully saturated rings. The predicted molar refractivity (Wildman–Crippen MR) is 108 cm³/mol. The molecule has 2 heterocycles. The number of aromatic nitrogens is 1. The van der Waals surface area contributed by atoms with Gasteiger partial charge in [0.25, 0.3) is 0 Å². The van der Waals surface area contributed by atoms with Gasteiger partial charge < -0.3 is 19.9 Å². The summed E-state index contributed by atoms with van der Waals surface area (Å²) in [5.74, 6) is 0.803. The molecule has 28 heavy (non-hydrogen) atoms. The Bertz CT molecular complexity index is 997. The van der Waals surface area contributed by atoms with E-state index in [-0.39, 0.29) is 11.8 Å². The molecule has 2 aliphatic rings. The fraction of sp³-hybridized carbons (Fsp3) is 0.364. The van der Waals surface area contributed by atoms with Gasteiger partial charge in [0, 0.05) is 28.2 Å². The van der Waals surface area contributed by atoms with E-state index in [2.05, 4.69) is 4.98 Å². The van der Waals surface area contributed by atoms with Crippen molar-refractivity contribution < 1.29 is 14.9 Å². The number of benzene rings is 2. The van der Waals surface area contributed by atoms with Crippen molar-refractivity contribution in [1.82, 2.24) is 9.88 Å². The highest BCUT2D eigenvalue weighted by atomic mass is 35.5. The fourth-order valence-corrected chi connectivity index (χ4v) is 4.31. The van der Waals surface area contributed by atoms with Crippen LogP contribution < -0.4 is 0 Å². The Balaban J connectivity index is 1.57. The molecule has 2 atom stereocenters. The molecule has 5 rings (SSSR count). The minimum Gasteiger partial charge on any atom is -0.508 e. The van der Waals surface area contributed by atoms with Gasteiger partial charge in [0.05, 0.1) is 12.6 Å². The van der Waals surface area contributed by atoms with Gasteiger partial charge in [0.1, 0.15) is 5.75 Å². The molecule has 2 aromatic carbocycles. The van der Waals surface area contributed by atoms with Crippen LogP contribution in [-0.4, -0.2) is 39.7 Å². The molecule has 1 saturated carbocycles. The summed E-state index contributed by atoms with van der Waals surface area (Å²) >= 11 is 6.23. The second-order valence-corrected chi connectivity index (χ2v) is 8.23. The lowest BCUT2D eigenvalue weighted by molar-refractivity contribution is -0.206. The summed E-state index contributed by atoms with van der Waals surface area (Å²) in [6.07, 6.45) is 2.19. The molecule has 1 unspecified atom stereocenters. The van der Waals surface area contributed by atoms with Crippen LogP contribution in [0.15, 0.2) is 42.5 Å². The molecule has 1 aliphatic carbocycles. The van der Waals surface area contributed by atoms with Crippen molar-refractivity contribution >= 4 is 22.5 Å². The van der Waals surface area contributed by atoms with Crippen LogP contribution in [0.5, 0.6) is 5.75 Å². The van der Waals surface area contributed by atoms with Gasteiger partial charge in [0.2, 0.25) is 6.41 Å². The molecule has 0 radical (unpaired) electrons. The molecule has 0 bridgehead atoms. The van der Waals surface area contributed by atoms with Crippen molar-refractivity contribution in [3.63, 3.8) is 0 Å². The summed E-state index contributed by atoms with van der Waals surface area (Å²) in [6, 6.07) is 12.8. The maximum absolute atomic E-state index is 10.8. The first-order valence-electron chi connectivity index (χ1n) is 9.74. The Labute approximate surface area is 168 Å². The van der Waals surface area contributed by atoms with Crippen LogP contribution in [0.3, 0.4) is 0 Å². The topological polar surface area (TPSA) is 68.7 Å². The van der Waals surface area contributed by atoms with E-state index >= 15 is 0 Å². The van der Waals surface area contributed by atoms with Gasteiger partial charge >= 0.3 is 0 Å². The number of aromatic amines is 1. The molecule has 6 heteroatoms. The SMILES string of the molecule is Oc1ccc([C@H]2c3[nH]c4ccc(Cl)cc4c3CCN2C(O)OCC2CC2)cc1. The number of hydrogen-bond donors (Lipinski definition) is 3. The standard InChI is InChI=1S/C22H23ClN2O3/c23-15-5-8-19-18(11-15)17-9-10-25(22(27)28-12-13-1-2-13)21(20(17)24-19)14-3-6-16(26)7-4-14/h3-8,11,13,21-22,24,26-27H,1-2,9-10,12H2/t21-,22?/m0/s1. The van der Waals surface area contributed by atoms with Gasteiger partial charge in [-0.15, -0.1) is 0 Å². The number of nitrogens with zero attached hydrogens (tertiary/aromatic N) is 1. The molecule has 5 nitrogen and oxygen atoms in total. The highest BCUT2D eigenvalue weighted by Gasteiger charge is 2.36. The lowest BCUT2D eigenvalue weighted by atomic mass is 9.92. The van der Waals surface area contributed by atoms with Crippen LogP contribution in [0.4, 0.5) is 0 Å². The molecular weight excluding hydrogens is 376 g/mol. The van der Waals surface area contributed by atoms with E-state index in [0.29, 0.717) is 24.1 Å². The molecule has 0 amide bonds. The summed E-state index contributed by atoms with van der Waals surface area (Å²) < 4.78 is 5.79. The van der Waals surface area contributed by atoms with Crippen molar-refractivity contribution in [2.75, 3.05) is 13.2 Å². The molecule has 1 aliphatic heterocycles. The monoisotopic (exact) mass is 398 g/mol. The molecule has 0 saturated heterocycles. The first kappa shape index (κ1) is 18.0. The van der Waals surface area contributed by atoms with Crippen LogP contribution in [-0.2, 0) is 11.2 Å². The summed E-state index contributed by atoms with van der Waals surface area (Å²) in [7, 11) is 0. The number of aromatic hydroxyl groups is 1. The van der Waals surface area contributed by atoms with Gasteiger partial charge in [-0.25, -0.2) is 4.90 Å². The smallest absolute Gasteiger partial charge is 0.216 e. The average molecular weight is 399 g/mol. The zero-order chi connectivity index (χ0) is 19.3. The van der Waals surface area contributed by atoms with Crippen molar-refractivity contribution in [1.29, 1.82) is 0 Å². The molecular formula is C22H23ClN2O3. The van der Waals surface area contributed by atoms with Crippen LogP contribution in [0.1, 0.15) is 35.7 Å². The number of hydrogen-bond acceptors (Lipinski definition) is 4. The van der Waals surface area contributed by atoms with Crippen molar-refractivity contribution in [2.24, 2.45) is 5.92 Å². The highest BCUT2D eigenvalue weighted by Crippen LogP contribution is 2.40. The minimum absolute atomic E-state index is 0.190. The summed E-state index contributed by atoms with van der Waals surface area (Å²) in [6.45, 7) is 1.26. The molecule has 3 N–H and O–H groups in total. The average Bonchev–Trinajstić information content (AvgIpc) is 3.46. The molecule has 0 spiro atoms. The minimum atomic E-state index is -0.970. The quantitative estimate of drug-likeness (QED) is 0.564. The van der Waals surface area contributed by atoms with Gasteiger partial charge in [-0.2, -0.15) is 0 Å².